The van der Waals surface area contributed by atoms with Crippen LogP contribution in [0.3, 0.4) is 0 Å². The van der Waals surface area contributed by atoms with Crippen LogP contribution in [0.4, 0.5) is 17.1 Å². The third-order valence-electron chi connectivity index (χ3n) is 15.4. The van der Waals surface area contributed by atoms with Crippen molar-refractivity contribution in [3.8, 4) is 39.1 Å². The Labute approximate surface area is 381 Å². The van der Waals surface area contributed by atoms with Crippen molar-refractivity contribution in [1.82, 2.24) is 4.57 Å². The van der Waals surface area contributed by atoms with Gasteiger partial charge in [-0.2, -0.15) is 0 Å². The van der Waals surface area contributed by atoms with Crippen LogP contribution in [0.15, 0.2) is 235 Å². The number of para-hydroxylation sites is 3. The first-order valence-electron chi connectivity index (χ1n) is 22.9. The molecular weight excluding hydrogens is 801 g/mol. The molecule has 0 saturated heterocycles. The number of benzene rings is 10. The van der Waals surface area contributed by atoms with Gasteiger partial charge in [0.2, 0.25) is 0 Å². The number of fused-ring (bicyclic) bond motifs is 20. The van der Waals surface area contributed by atoms with Crippen molar-refractivity contribution in [3.63, 3.8) is 0 Å². The van der Waals surface area contributed by atoms with Crippen molar-refractivity contribution in [1.29, 1.82) is 0 Å². The van der Waals surface area contributed by atoms with Gasteiger partial charge in [0.15, 0.2) is 0 Å². The van der Waals surface area contributed by atoms with Crippen LogP contribution in [0.2, 0.25) is 0 Å². The van der Waals surface area contributed by atoms with E-state index >= 15 is 4.79 Å². The molecule has 3 heteroatoms. The van der Waals surface area contributed by atoms with Gasteiger partial charge >= 0.3 is 0 Å². The monoisotopic (exact) mass is 838 g/mol. The summed E-state index contributed by atoms with van der Waals surface area (Å²) in [5.74, 6) is 0. The van der Waals surface area contributed by atoms with Crippen LogP contribution in [-0.4, -0.2) is 4.57 Å². The summed E-state index contributed by atoms with van der Waals surface area (Å²) in [6.07, 6.45) is 0. The summed E-state index contributed by atoms with van der Waals surface area (Å²) in [6, 6.07) is 84.5. The third kappa shape index (κ3) is 4.18. The van der Waals surface area contributed by atoms with Gasteiger partial charge in [0.1, 0.15) is 0 Å². The summed E-state index contributed by atoms with van der Waals surface area (Å²) in [5, 5.41) is 2.75. The molecule has 66 heavy (non-hydrogen) atoms. The Kier molecular flexibility index (Phi) is 6.96. The molecule has 1 atom stereocenters. The largest absolute Gasteiger partial charge is 0.309 e. The predicted octanol–water partition coefficient (Wildman–Crippen LogP) is 14.6. The Balaban J connectivity index is 1.11. The minimum absolute atomic E-state index is 0.00123. The van der Waals surface area contributed by atoms with Crippen LogP contribution >= 0.6 is 0 Å². The van der Waals surface area contributed by atoms with Gasteiger partial charge in [-0.15, -0.1) is 0 Å². The second-order valence-corrected chi connectivity index (χ2v) is 18.2. The molecule has 0 saturated carbocycles. The summed E-state index contributed by atoms with van der Waals surface area (Å²) < 4.78 is 2.00. The molecule has 3 heterocycles. The maximum Gasteiger partial charge on any atom is 0.263 e. The molecule has 1 unspecified atom stereocenters. The quantitative estimate of drug-likeness (QED) is 0.162. The molecule has 2 spiro atoms. The van der Waals surface area contributed by atoms with Crippen molar-refractivity contribution in [2.24, 2.45) is 0 Å². The Morgan fingerprint density at radius 1 is 0.303 bits per heavy atom. The van der Waals surface area contributed by atoms with E-state index in [4.69, 9.17) is 0 Å². The van der Waals surface area contributed by atoms with Gasteiger partial charge in [-0.05, 0) is 114 Å². The van der Waals surface area contributed by atoms with Crippen molar-refractivity contribution in [3.05, 3.63) is 285 Å². The van der Waals surface area contributed by atoms with Crippen molar-refractivity contribution in [2.75, 3.05) is 4.90 Å². The first-order valence-corrected chi connectivity index (χ1v) is 22.9. The zero-order chi connectivity index (χ0) is 43.3. The van der Waals surface area contributed by atoms with E-state index in [2.05, 4.69) is 217 Å². The molecule has 0 amide bonds. The molecule has 0 fully saturated rings. The fraction of sp³-hybridized carbons (Fsp3) is 0.0317. The fourth-order valence-electron chi connectivity index (χ4n) is 13.1. The van der Waals surface area contributed by atoms with Crippen LogP contribution in [0, 0.1) is 0 Å². The van der Waals surface area contributed by atoms with Crippen molar-refractivity contribution < 1.29 is 0 Å². The van der Waals surface area contributed by atoms with Crippen LogP contribution in [0.25, 0.3) is 60.7 Å². The average Bonchev–Trinajstić information content (AvgIpc) is 3.86. The second-order valence-electron chi connectivity index (χ2n) is 18.2. The van der Waals surface area contributed by atoms with Crippen molar-refractivity contribution in [2.45, 2.75) is 10.8 Å². The lowest BCUT2D eigenvalue weighted by molar-refractivity contribution is 0.708. The number of anilines is 3. The van der Waals surface area contributed by atoms with Gasteiger partial charge in [-0.25, -0.2) is 0 Å². The Bertz CT molecular complexity index is 3930. The summed E-state index contributed by atoms with van der Waals surface area (Å²) >= 11 is 0. The van der Waals surface area contributed by atoms with E-state index < -0.39 is 10.8 Å². The van der Waals surface area contributed by atoms with Crippen LogP contribution in [0.5, 0.6) is 0 Å². The maximum absolute atomic E-state index is 15.0. The van der Waals surface area contributed by atoms with E-state index in [1.165, 1.54) is 55.6 Å². The normalized spacial score (nSPS) is 16.1. The van der Waals surface area contributed by atoms with Crippen molar-refractivity contribution >= 4 is 38.7 Å². The van der Waals surface area contributed by atoms with E-state index in [-0.39, 0.29) is 5.56 Å². The first kappa shape index (κ1) is 35.9. The van der Waals surface area contributed by atoms with Gasteiger partial charge < -0.3 is 4.90 Å². The summed E-state index contributed by atoms with van der Waals surface area (Å²) in [5.41, 5.74) is 21.0. The number of aromatic nitrogens is 1. The highest BCUT2D eigenvalue weighted by atomic mass is 16.1. The lowest BCUT2D eigenvalue weighted by Crippen LogP contribution is -2.42. The minimum Gasteiger partial charge on any atom is -0.309 e. The van der Waals surface area contributed by atoms with Crippen LogP contribution in [-0.2, 0) is 10.8 Å². The molecule has 2 aliphatic heterocycles. The Morgan fingerprint density at radius 3 is 1.50 bits per heavy atom. The number of rotatable bonds is 2. The summed E-state index contributed by atoms with van der Waals surface area (Å²) in [6.45, 7) is 0. The number of nitrogens with zero attached hydrogens (tertiary/aromatic N) is 2. The van der Waals surface area contributed by atoms with Gasteiger partial charge in [0, 0.05) is 16.3 Å². The first-order chi connectivity index (χ1) is 32.7. The van der Waals surface area contributed by atoms with E-state index in [0.29, 0.717) is 0 Å². The number of pyridine rings is 1. The molecule has 0 N–H and O–H groups in total. The highest BCUT2D eigenvalue weighted by Gasteiger charge is 2.55. The number of hydrogen-bond acceptors (Lipinski definition) is 2. The summed E-state index contributed by atoms with van der Waals surface area (Å²) in [4.78, 5) is 17.6. The van der Waals surface area contributed by atoms with Gasteiger partial charge in [-0.3, -0.25) is 9.36 Å². The Hall–Kier alpha value is -8.53. The molecule has 1 aromatic heterocycles. The molecule has 306 valence electrons. The molecule has 15 rings (SSSR count). The topological polar surface area (TPSA) is 25.2 Å². The minimum atomic E-state index is -0.816. The zero-order valence-corrected chi connectivity index (χ0v) is 35.7. The maximum atomic E-state index is 15.0. The van der Waals surface area contributed by atoms with Gasteiger partial charge in [0.25, 0.3) is 5.56 Å². The Morgan fingerprint density at radius 2 is 0.788 bits per heavy atom. The van der Waals surface area contributed by atoms with Gasteiger partial charge in [-0.1, -0.05) is 194 Å². The van der Waals surface area contributed by atoms with Crippen LogP contribution in [0.1, 0.15) is 44.5 Å². The average molecular weight is 839 g/mol. The SMILES string of the molecule is O=c1c2ccccc2c2cccc3c2n1-c1ccccc1C31c2ccccc2N(c2cccc3c2C2(c4ccccc4-c4ccccc42)c2ccccc2-3)c2ccc(-c3ccccc3)cc21. The third-order valence-corrected chi connectivity index (χ3v) is 15.4. The molecular formula is C63H38N2O. The zero-order valence-electron chi connectivity index (χ0n) is 35.7. The van der Waals surface area contributed by atoms with E-state index in [9.17, 15) is 0 Å². The molecule has 10 aromatic carbocycles. The molecule has 11 aromatic rings. The smallest absolute Gasteiger partial charge is 0.263 e. The summed E-state index contributed by atoms with van der Waals surface area (Å²) in [7, 11) is 0. The molecule has 3 nitrogen and oxygen atoms in total. The fourth-order valence-corrected chi connectivity index (χ4v) is 13.1. The number of hydrogen-bond donors (Lipinski definition) is 0. The molecule has 2 aliphatic carbocycles. The molecule has 0 bridgehead atoms. The molecule has 0 radical (unpaired) electrons. The van der Waals surface area contributed by atoms with Crippen LogP contribution < -0.4 is 10.5 Å². The molecule has 4 aliphatic rings. The van der Waals surface area contributed by atoms with E-state index in [1.54, 1.807) is 0 Å². The highest BCUT2D eigenvalue weighted by molar-refractivity contribution is 6.10. The second kappa shape index (κ2) is 12.8. The highest BCUT2D eigenvalue weighted by Crippen LogP contribution is 2.68. The van der Waals surface area contributed by atoms with E-state index in [0.717, 1.165) is 66.7 Å². The van der Waals surface area contributed by atoms with E-state index in [1.807, 2.05) is 22.8 Å². The van der Waals surface area contributed by atoms with Gasteiger partial charge in [0.05, 0.1) is 39.1 Å². The standard InChI is InChI=1S/C63H38N2O/c66-61-47-24-5-4-20-41(47)46-26-16-32-53-60(46)65(61)56-34-15-13-31-52(56)62(53)51-30-12-14-33-55(51)64(57-37-36-40(38-54(57)62)39-18-2-1-3-19-39)58-35-17-25-45-44-23-8-11-29-50(44)63(59(45)58)48-27-9-6-21-42(48)43-22-7-10-28-49(43)63/h1-38H. The predicted molar refractivity (Wildman–Crippen MR) is 269 cm³/mol. The lowest BCUT2D eigenvalue weighted by Gasteiger charge is -2.49. The lowest BCUT2D eigenvalue weighted by atomic mass is 9.60.